The third-order valence-corrected chi connectivity index (χ3v) is 8.75. The maximum absolute atomic E-state index is 3.34. The van der Waals surface area contributed by atoms with Gasteiger partial charge in [-0.2, -0.15) is 59.9 Å². The standard InChI is InChI=1S/C21H21.2C8H9.C5H5.CH2.2ClH.Zr/c1-2-8-15-14(7-1)13-20-18-11-4-3-9-16(18)17-10-5-6-12-19(17)21(15)20;2*1-2-8-6-4-3-5-7-8;1-2-4-5-3-1;;;;/h1-2,6-8,11-12,16-17H,3-5,9-10,13H2;2*2-7H,1H3;1-3H,4H2;1H2;2*1H;/q4*-1;;;;. The molecular formula is C43H48Cl2Zr-4. The van der Waals surface area contributed by atoms with Gasteiger partial charge in [0.05, 0.1) is 0 Å². The van der Waals surface area contributed by atoms with Crippen molar-refractivity contribution < 1.29 is 24.2 Å². The zero-order chi connectivity index (χ0) is 31.0. The van der Waals surface area contributed by atoms with E-state index in [1.165, 1.54) is 73.0 Å². The van der Waals surface area contributed by atoms with Crippen molar-refractivity contribution >= 4 is 34.6 Å². The van der Waals surface area contributed by atoms with Crippen LogP contribution in [0.4, 0.5) is 0 Å². The first-order valence-corrected chi connectivity index (χ1v) is 17.9. The molecule has 3 heteroatoms. The van der Waals surface area contributed by atoms with E-state index < -0.39 is 0 Å². The Morgan fingerprint density at radius 2 is 1.41 bits per heavy atom. The van der Waals surface area contributed by atoms with Crippen LogP contribution in [0, 0.1) is 37.2 Å². The van der Waals surface area contributed by atoms with E-state index in [0.717, 1.165) is 24.7 Å². The molecule has 46 heavy (non-hydrogen) atoms. The van der Waals surface area contributed by atoms with Gasteiger partial charge in [0.1, 0.15) is 0 Å². The van der Waals surface area contributed by atoms with Crippen molar-refractivity contribution in [2.24, 2.45) is 11.8 Å². The molecule has 0 amide bonds. The van der Waals surface area contributed by atoms with Crippen LogP contribution in [-0.4, -0.2) is 4.21 Å². The molecule has 0 spiro atoms. The molecule has 2 atom stereocenters. The van der Waals surface area contributed by atoms with Gasteiger partial charge in [0.15, 0.2) is 0 Å². The summed E-state index contributed by atoms with van der Waals surface area (Å²) in [5.41, 5.74) is 12.3. The molecule has 0 aliphatic heterocycles. The Morgan fingerprint density at radius 1 is 0.783 bits per heavy atom. The molecule has 0 nitrogen and oxygen atoms in total. The van der Waals surface area contributed by atoms with Crippen LogP contribution in [0.1, 0.15) is 74.6 Å². The predicted molar refractivity (Wildman–Crippen MR) is 202 cm³/mol. The van der Waals surface area contributed by atoms with Gasteiger partial charge in [-0.05, 0) is 36.7 Å². The summed E-state index contributed by atoms with van der Waals surface area (Å²) in [5, 5.41) is 0. The molecule has 1 fully saturated rings. The number of halogens is 2. The fourth-order valence-corrected chi connectivity index (χ4v) is 6.69. The van der Waals surface area contributed by atoms with E-state index in [4.69, 9.17) is 0 Å². The summed E-state index contributed by atoms with van der Waals surface area (Å²) in [5.74, 6) is 1.60. The van der Waals surface area contributed by atoms with E-state index in [9.17, 15) is 0 Å². The van der Waals surface area contributed by atoms with Gasteiger partial charge in [-0.3, -0.25) is 6.08 Å². The summed E-state index contributed by atoms with van der Waals surface area (Å²) in [6, 6.07) is 29.6. The molecule has 0 heterocycles. The number of allylic oxidation sites excluding steroid dienone is 10. The normalized spacial score (nSPS) is 18.5. The Kier molecular flexibility index (Phi) is 18.9. The fraction of sp³-hybridized carbons (Fsp3) is 0.256. The summed E-state index contributed by atoms with van der Waals surface area (Å²) in [7, 11) is 0. The number of benzene rings is 3. The number of hydrogen-bond donors (Lipinski definition) is 0. The first-order chi connectivity index (χ1) is 21.8. The topological polar surface area (TPSA) is 0 Å². The van der Waals surface area contributed by atoms with Gasteiger partial charge >= 0.3 is 28.4 Å². The average molecular weight is 727 g/mol. The Labute approximate surface area is 307 Å². The quantitative estimate of drug-likeness (QED) is 0.231. The van der Waals surface area contributed by atoms with Crippen molar-refractivity contribution in [1.82, 2.24) is 0 Å². The summed E-state index contributed by atoms with van der Waals surface area (Å²) in [6.07, 6.45) is 29.5. The third-order valence-electron chi connectivity index (χ3n) is 8.75. The summed E-state index contributed by atoms with van der Waals surface area (Å²) < 4.78 is 3.34. The van der Waals surface area contributed by atoms with Gasteiger partial charge in [-0.15, -0.1) is 61.9 Å². The van der Waals surface area contributed by atoms with Crippen LogP contribution in [0.2, 0.25) is 0 Å². The van der Waals surface area contributed by atoms with Crippen LogP contribution in [0.25, 0.3) is 5.57 Å². The van der Waals surface area contributed by atoms with E-state index in [2.05, 4.69) is 96.3 Å². The summed E-state index contributed by atoms with van der Waals surface area (Å²) in [6.45, 7) is 4.07. The van der Waals surface area contributed by atoms with Crippen LogP contribution in [0.5, 0.6) is 0 Å². The second-order valence-electron chi connectivity index (χ2n) is 11.3. The molecule has 0 saturated heterocycles. The van der Waals surface area contributed by atoms with E-state index >= 15 is 0 Å². The van der Waals surface area contributed by atoms with Crippen LogP contribution in [0.15, 0.2) is 132 Å². The second kappa shape index (κ2) is 22.0. The van der Waals surface area contributed by atoms with Gasteiger partial charge in [0.2, 0.25) is 0 Å². The van der Waals surface area contributed by atoms with Crippen LogP contribution in [-0.2, 0) is 30.7 Å². The maximum atomic E-state index is 3.34. The minimum absolute atomic E-state index is 0. The minimum atomic E-state index is 0. The van der Waals surface area contributed by atoms with Crippen LogP contribution < -0.4 is 0 Å². The molecule has 5 aliphatic carbocycles. The second-order valence-corrected chi connectivity index (χ2v) is 11.3. The number of fused-ring (bicyclic) bond motifs is 6. The van der Waals surface area contributed by atoms with Crippen molar-refractivity contribution in [1.29, 1.82) is 0 Å². The van der Waals surface area contributed by atoms with Crippen molar-refractivity contribution in [2.45, 2.75) is 58.8 Å². The SMILES string of the molecule is C1=CC2=C3C(=C4[CH-]CCCC4C2CC1)Cc1ccccc13.C[CH-]c1ccccc1.C[CH-]c1ccccc1.Cl.Cl.[C-]1=CC=CC1.[CH2]=[Zr]. The Morgan fingerprint density at radius 3 is 1.96 bits per heavy atom. The average Bonchev–Trinajstić information content (AvgIpc) is 3.84. The van der Waals surface area contributed by atoms with E-state index in [1.54, 1.807) is 27.9 Å². The monoisotopic (exact) mass is 724 g/mol. The van der Waals surface area contributed by atoms with Crippen LogP contribution in [0.3, 0.4) is 0 Å². The van der Waals surface area contributed by atoms with Gasteiger partial charge in [-0.1, -0.05) is 91.9 Å². The van der Waals surface area contributed by atoms with E-state index in [0.29, 0.717) is 0 Å². The van der Waals surface area contributed by atoms with Gasteiger partial charge in [0.25, 0.3) is 0 Å². The van der Waals surface area contributed by atoms with Gasteiger partial charge < -0.3 is 0 Å². The molecule has 0 bridgehead atoms. The van der Waals surface area contributed by atoms with Crippen molar-refractivity contribution in [3.05, 3.63) is 180 Å². The molecule has 3 aromatic carbocycles. The summed E-state index contributed by atoms with van der Waals surface area (Å²) in [4.78, 5) is 0. The summed E-state index contributed by atoms with van der Waals surface area (Å²) >= 11 is 1.30. The van der Waals surface area contributed by atoms with Gasteiger partial charge in [-0.25, -0.2) is 24.1 Å². The molecule has 5 aliphatic rings. The first kappa shape index (κ1) is 39.5. The molecule has 8 rings (SSSR count). The van der Waals surface area contributed by atoms with E-state index in [1.807, 2.05) is 62.4 Å². The van der Waals surface area contributed by atoms with E-state index in [-0.39, 0.29) is 24.8 Å². The Balaban J connectivity index is 0.000000245. The molecular weight excluding hydrogens is 679 g/mol. The Bertz CT molecular complexity index is 1410. The molecule has 2 unspecified atom stereocenters. The zero-order valence-electron chi connectivity index (χ0n) is 27.3. The molecule has 3 aromatic rings. The molecule has 0 radical (unpaired) electrons. The predicted octanol–water partition coefficient (Wildman–Crippen LogP) is 11.9. The molecule has 0 aromatic heterocycles. The third kappa shape index (κ3) is 10.7. The number of hydrogen-bond acceptors (Lipinski definition) is 0. The fourth-order valence-electron chi connectivity index (χ4n) is 6.69. The number of rotatable bonds is 2. The molecule has 0 N–H and O–H groups in total. The molecule has 1 saturated carbocycles. The Hall–Kier alpha value is -2.70. The zero-order valence-corrected chi connectivity index (χ0v) is 31.4. The van der Waals surface area contributed by atoms with Crippen molar-refractivity contribution in [3.8, 4) is 0 Å². The first-order valence-electron chi connectivity index (χ1n) is 16.1. The van der Waals surface area contributed by atoms with Crippen molar-refractivity contribution in [3.63, 3.8) is 0 Å². The van der Waals surface area contributed by atoms with Crippen LogP contribution >= 0.6 is 24.8 Å². The molecule has 242 valence electrons. The van der Waals surface area contributed by atoms with Crippen molar-refractivity contribution in [2.75, 3.05) is 0 Å². The van der Waals surface area contributed by atoms with Gasteiger partial charge in [0, 0.05) is 0 Å².